The Morgan fingerprint density at radius 3 is 2.79 bits per heavy atom. The van der Waals surface area contributed by atoms with Crippen LogP contribution in [0.1, 0.15) is 31.0 Å². The Bertz CT molecular complexity index is 1220. The van der Waals surface area contributed by atoms with Gasteiger partial charge in [-0.25, -0.2) is 9.79 Å². The first-order valence-electron chi connectivity index (χ1n) is 8.87. The molecule has 28 heavy (non-hydrogen) atoms. The van der Waals surface area contributed by atoms with Gasteiger partial charge in [-0.05, 0) is 31.6 Å². The number of benzene rings is 1. The summed E-state index contributed by atoms with van der Waals surface area (Å²) in [5, 5.41) is 0. The summed E-state index contributed by atoms with van der Waals surface area (Å²) < 4.78 is 12.4. The molecule has 1 aliphatic heterocycles. The number of thiazole rings is 1. The molecule has 1 aliphatic rings. The maximum atomic E-state index is 13.2. The van der Waals surface area contributed by atoms with Crippen molar-refractivity contribution in [3.05, 3.63) is 91.0 Å². The molecule has 0 saturated heterocycles. The Morgan fingerprint density at radius 2 is 2.11 bits per heavy atom. The van der Waals surface area contributed by atoms with E-state index in [-0.39, 0.29) is 12.2 Å². The number of esters is 1. The Morgan fingerprint density at radius 1 is 1.32 bits per heavy atom. The van der Waals surface area contributed by atoms with Gasteiger partial charge < -0.3 is 9.15 Å². The zero-order chi connectivity index (χ0) is 19.7. The predicted molar refractivity (Wildman–Crippen MR) is 106 cm³/mol. The fourth-order valence-corrected chi connectivity index (χ4v) is 4.30. The fourth-order valence-electron chi connectivity index (χ4n) is 3.25. The van der Waals surface area contributed by atoms with E-state index in [2.05, 4.69) is 4.99 Å². The maximum Gasteiger partial charge on any atom is 0.338 e. The molecule has 0 unspecified atom stereocenters. The van der Waals surface area contributed by atoms with Gasteiger partial charge in [-0.2, -0.15) is 0 Å². The van der Waals surface area contributed by atoms with Crippen molar-refractivity contribution in [2.24, 2.45) is 4.99 Å². The van der Waals surface area contributed by atoms with Crippen molar-refractivity contribution in [2.75, 3.05) is 6.61 Å². The number of rotatable bonds is 4. The molecule has 0 amide bonds. The van der Waals surface area contributed by atoms with Gasteiger partial charge in [0, 0.05) is 5.56 Å². The molecular weight excluding hydrogens is 376 g/mol. The lowest BCUT2D eigenvalue weighted by Gasteiger charge is -2.24. The zero-order valence-electron chi connectivity index (χ0n) is 15.4. The molecule has 3 heterocycles. The van der Waals surface area contributed by atoms with Gasteiger partial charge in [-0.1, -0.05) is 41.7 Å². The lowest BCUT2D eigenvalue weighted by molar-refractivity contribution is -0.139. The number of nitrogens with zero attached hydrogens (tertiary/aromatic N) is 2. The van der Waals surface area contributed by atoms with Gasteiger partial charge in [-0.3, -0.25) is 9.36 Å². The SMILES string of the molecule is CCOC(=O)C1=C(C)N=c2sc(=Cc3ccoc3)c(=O)n2[C@@H]1c1ccccc1. The minimum Gasteiger partial charge on any atom is -0.472 e. The Hall–Kier alpha value is -3.19. The van der Waals surface area contributed by atoms with E-state index in [1.807, 2.05) is 30.3 Å². The second-order valence-corrected chi connectivity index (χ2v) is 7.28. The molecule has 6 nitrogen and oxygen atoms in total. The van der Waals surface area contributed by atoms with Gasteiger partial charge in [0.25, 0.3) is 5.56 Å². The van der Waals surface area contributed by atoms with Gasteiger partial charge in [-0.15, -0.1) is 0 Å². The molecule has 1 atom stereocenters. The van der Waals surface area contributed by atoms with Crippen LogP contribution < -0.4 is 14.9 Å². The number of hydrogen-bond acceptors (Lipinski definition) is 6. The van der Waals surface area contributed by atoms with Crippen molar-refractivity contribution >= 4 is 23.4 Å². The van der Waals surface area contributed by atoms with Crippen LogP contribution in [0.15, 0.2) is 74.4 Å². The lowest BCUT2D eigenvalue weighted by Crippen LogP contribution is -2.39. The summed E-state index contributed by atoms with van der Waals surface area (Å²) >= 11 is 1.29. The van der Waals surface area contributed by atoms with Crippen LogP contribution in [0.25, 0.3) is 6.08 Å². The van der Waals surface area contributed by atoms with Crippen LogP contribution in [0.5, 0.6) is 0 Å². The molecule has 142 valence electrons. The number of ether oxygens (including phenoxy) is 1. The summed E-state index contributed by atoms with van der Waals surface area (Å²) in [5.41, 5.74) is 2.37. The van der Waals surface area contributed by atoms with Crippen molar-refractivity contribution < 1.29 is 13.9 Å². The predicted octanol–water partition coefficient (Wildman–Crippen LogP) is 2.39. The van der Waals surface area contributed by atoms with Gasteiger partial charge in [0.05, 0.1) is 41.0 Å². The van der Waals surface area contributed by atoms with E-state index >= 15 is 0 Å². The van der Waals surface area contributed by atoms with Crippen LogP contribution >= 0.6 is 11.3 Å². The second-order valence-electron chi connectivity index (χ2n) is 6.27. The van der Waals surface area contributed by atoms with Crippen molar-refractivity contribution in [2.45, 2.75) is 19.9 Å². The standard InChI is InChI=1S/C21H18N2O4S/c1-3-27-20(25)17-13(2)22-21-23(18(17)15-7-5-4-6-8-15)19(24)16(28-21)11-14-9-10-26-12-14/h4-12,18H,3H2,1-2H3/t18-/m1/s1. The Labute approximate surface area is 164 Å². The van der Waals surface area contributed by atoms with Crippen molar-refractivity contribution in [3.63, 3.8) is 0 Å². The van der Waals surface area contributed by atoms with Crippen LogP contribution in [-0.4, -0.2) is 17.1 Å². The number of carbonyl (C=O) groups is 1. The average Bonchev–Trinajstić information content (AvgIpc) is 3.30. The maximum absolute atomic E-state index is 13.2. The highest BCUT2D eigenvalue weighted by atomic mass is 32.1. The van der Waals surface area contributed by atoms with Crippen molar-refractivity contribution in [1.82, 2.24) is 4.57 Å². The van der Waals surface area contributed by atoms with E-state index in [0.717, 1.165) is 11.1 Å². The van der Waals surface area contributed by atoms with Crippen LogP contribution in [0.3, 0.4) is 0 Å². The van der Waals surface area contributed by atoms with E-state index < -0.39 is 12.0 Å². The third-order valence-electron chi connectivity index (χ3n) is 4.47. The highest BCUT2D eigenvalue weighted by molar-refractivity contribution is 7.07. The first-order valence-corrected chi connectivity index (χ1v) is 9.68. The van der Waals surface area contributed by atoms with E-state index in [4.69, 9.17) is 9.15 Å². The minimum absolute atomic E-state index is 0.201. The zero-order valence-corrected chi connectivity index (χ0v) is 16.2. The summed E-state index contributed by atoms with van der Waals surface area (Å²) in [6, 6.07) is 10.7. The molecule has 4 rings (SSSR count). The van der Waals surface area contributed by atoms with Crippen LogP contribution in [0.4, 0.5) is 0 Å². The monoisotopic (exact) mass is 394 g/mol. The molecule has 0 aliphatic carbocycles. The first kappa shape index (κ1) is 18.2. The lowest BCUT2D eigenvalue weighted by atomic mass is 9.96. The van der Waals surface area contributed by atoms with E-state index in [1.54, 1.807) is 43.1 Å². The Balaban J connectivity index is 1.97. The molecule has 0 radical (unpaired) electrons. The molecule has 0 fully saturated rings. The summed E-state index contributed by atoms with van der Waals surface area (Å²) in [6.45, 7) is 3.78. The third-order valence-corrected chi connectivity index (χ3v) is 5.46. The molecule has 0 bridgehead atoms. The summed E-state index contributed by atoms with van der Waals surface area (Å²) in [7, 11) is 0. The van der Waals surface area contributed by atoms with E-state index in [9.17, 15) is 9.59 Å². The molecule has 2 aromatic heterocycles. The van der Waals surface area contributed by atoms with E-state index in [0.29, 0.717) is 20.6 Å². The fraction of sp³-hybridized carbons (Fsp3) is 0.190. The average molecular weight is 394 g/mol. The highest BCUT2D eigenvalue weighted by Gasteiger charge is 2.33. The molecule has 1 aromatic carbocycles. The number of furan rings is 1. The molecule has 3 aromatic rings. The molecule has 0 N–H and O–H groups in total. The van der Waals surface area contributed by atoms with Crippen molar-refractivity contribution in [1.29, 1.82) is 0 Å². The summed E-state index contributed by atoms with van der Waals surface area (Å²) in [5.74, 6) is -0.457. The molecular formula is C21H18N2O4S. The third kappa shape index (κ3) is 3.14. The Kier molecular flexibility index (Phi) is 4.83. The molecule has 0 spiro atoms. The summed E-state index contributed by atoms with van der Waals surface area (Å²) in [6.07, 6.45) is 4.89. The topological polar surface area (TPSA) is 73.8 Å². The van der Waals surface area contributed by atoms with Crippen LogP contribution in [0, 0.1) is 0 Å². The smallest absolute Gasteiger partial charge is 0.338 e. The first-order chi connectivity index (χ1) is 13.6. The van der Waals surface area contributed by atoms with Gasteiger partial charge in [0.15, 0.2) is 4.80 Å². The quantitative estimate of drug-likeness (QED) is 0.637. The second kappa shape index (κ2) is 7.44. The number of allylic oxidation sites excluding steroid dienone is 1. The van der Waals surface area contributed by atoms with Gasteiger partial charge in [0.1, 0.15) is 0 Å². The van der Waals surface area contributed by atoms with E-state index in [1.165, 1.54) is 11.3 Å². The van der Waals surface area contributed by atoms with Crippen LogP contribution in [0.2, 0.25) is 0 Å². The van der Waals surface area contributed by atoms with Gasteiger partial charge >= 0.3 is 5.97 Å². The summed E-state index contributed by atoms with van der Waals surface area (Å²) in [4.78, 5) is 31.0. The molecule has 7 heteroatoms. The van der Waals surface area contributed by atoms with Crippen LogP contribution in [-0.2, 0) is 9.53 Å². The largest absolute Gasteiger partial charge is 0.472 e. The number of aromatic nitrogens is 1. The normalized spacial score (nSPS) is 16.6. The number of fused-ring (bicyclic) bond motifs is 1. The van der Waals surface area contributed by atoms with Gasteiger partial charge in [0.2, 0.25) is 0 Å². The van der Waals surface area contributed by atoms with Crippen molar-refractivity contribution in [3.8, 4) is 0 Å². The minimum atomic E-state index is -0.581. The highest BCUT2D eigenvalue weighted by Crippen LogP contribution is 2.30. The number of carbonyl (C=O) groups excluding carboxylic acids is 1. The number of hydrogen-bond donors (Lipinski definition) is 0. The molecule has 0 saturated carbocycles.